The number of benzene rings is 1. The molecule has 0 aliphatic carbocycles. The smallest absolute Gasteiger partial charge is 0.105 e. The van der Waals surface area contributed by atoms with Crippen molar-refractivity contribution in [2.24, 2.45) is 0 Å². The van der Waals surface area contributed by atoms with Crippen molar-refractivity contribution in [1.82, 2.24) is 0 Å². The molecule has 0 saturated heterocycles. The molecular weight excluding hydrogens is 211 g/mol. The van der Waals surface area contributed by atoms with Crippen molar-refractivity contribution < 1.29 is 10.2 Å². The Bertz CT molecular complexity index is 300. The third-order valence-electron chi connectivity index (χ3n) is 1.74. The van der Waals surface area contributed by atoms with E-state index in [1.807, 2.05) is 0 Å². The lowest BCUT2D eigenvalue weighted by Gasteiger charge is -2.14. The maximum atomic E-state index is 9.46. The van der Waals surface area contributed by atoms with E-state index in [1.165, 1.54) is 6.92 Å². The first-order chi connectivity index (χ1) is 6.02. The van der Waals surface area contributed by atoms with Crippen molar-refractivity contribution in [3.05, 3.63) is 33.8 Å². The van der Waals surface area contributed by atoms with Crippen LogP contribution in [-0.2, 0) is 0 Å². The van der Waals surface area contributed by atoms with Gasteiger partial charge >= 0.3 is 0 Å². The van der Waals surface area contributed by atoms with Crippen LogP contribution in [-0.4, -0.2) is 16.3 Å². The first-order valence-corrected chi connectivity index (χ1v) is 4.59. The number of rotatable bonds is 2. The third kappa shape index (κ3) is 2.58. The summed E-state index contributed by atoms with van der Waals surface area (Å²) in [7, 11) is 0. The molecule has 13 heavy (non-hydrogen) atoms. The molecule has 0 aromatic heterocycles. The Morgan fingerprint density at radius 3 is 2.23 bits per heavy atom. The van der Waals surface area contributed by atoms with E-state index >= 15 is 0 Å². The van der Waals surface area contributed by atoms with E-state index in [4.69, 9.17) is 28.3 Å². The first kappa shape index (κ1) is 10.8. The Kier molecular flexibility index (Phi) is 3.56. The molecule has 2 N–H and O–H groups in total. The Morgan fingerprint density at radius 1 is 1.15 bits per heavy atom. The molecule has 2 atom stereocenters. The van der Waals surface area contributed by atoms with Crippen LogP contribution >= 0.6 is 23.2 Å². The standard InChI is InChI=1S/C9H10Cl2O2/c1-5(12)9(13)6-2-3-7(10)8(11)4-6/h2-5,9,12-13H,1H3/t5-,9+/m0/s1. The quantitative estimate of drug-likeness (QED) is 0.804. The molecule has 4 heteroatoms. The monoisotopic (exact) mass is 220 g/mol. The maximum Gasteiger partial charge on any atom is 0.105 e. The van der Waals surface area contributed by atoms with Crippen LogP contribution in [0.3, 0.4) is 0 Å². The SMILES string of the molecule is C[C@H](O)[C@@H](O)c1ccc(Cl)c(Cl)c1. The topological polar surface area (TPSA) is 40.5 Å². The molecule has 1 aromatic rings. The number of hydrogen-bond acceptors (Lipinski definition) is 2. The summed E-state index contributed by atoms with van der Waals surface area (Å²) in [6.45, 7) is 1.51. The van der Waals surface area contributed by atoms with Crippen molar-refractivity contribution in [3.8, 4) is 0 Å². The summed E-state index contributed by atoms with van der Waals surface area (Å²) in [6.07, 6.45) is -1.74. The van der Waals surface area contributed by atoms with E-state index in [9.17, 15) is 5.11 Å². The number of aliphatic hydroxyl groups excluding tert-OH is 2. The van der Waals surface area contributed by atoms with Crippen molar-refractivity contribution in [3.63, 3.8) is 0 Å². The van der Waals surface area contributed by atoms with Gasteiger partial charge in [0.2, 0.25) is 0 Å². The summed E-state index contributed by atoms with van der Waals surface area (Å²) >= 11 is 11.4. The summed E-state index contributed by atoms with van der Waals surface area (Å²) in [4.78, 5) is 0. The summed E-state index contributed by atoms with van der Waals surface area (Å²) in [5.41, 5.74) is 0.560. The Labute approximate surface area is 86.7 Å². The molecule has 1 aromatic carbocycles. The average Bonchev–Trinajstić information content (AvgIpc) is 2.08. The molecule has 0 unspecified atom stereocenters. The summed E-state index contributed by atoms with van der Waals surface area (Å²) < 4.78 is 0. The van der Waals surface area contributed by atoms with Crippen molar-refractivity contribution in [2.45, 2.75) is 19.1 Å². The minimum absolute atomic E-state index is 0.374. The zero-order valence-corrected chi connectivity index (χ0v) is 8.55. The number of aliphatic hydroxyl groups is 2. The van der Waals surface area contributed by atoms with Crippen LogP contribution in [0.1, 0.15) is 18.6 Å². The zero-order valence-electron chi connectivity index (χ0n) is 7.04. The highest BCUT2D eigenvalue weighted by Crippen LogP contribution is 2.26. The lowest BCUT2D eigenvalue weighted by molar-refractivity contribution is 0.0305. The predicted octanol–water partition coefficient (Wildman–Crippen LogP) is 2.41. The molecular formula is C9H10Cl2O2. The normalized spacial score (nSPS) is 15.5. The number of halogens is 2. The highest BCUT2D eigenvalue weighted by molar-refractivity contribution is 6.42. The van der Waals surface area contributed by atoms with Crippen LogP contribution in [0.25, 0.3) is 0 Å². The van der Waals surface area contributed by atoms with Gasteiger partial charge in [0.25, 0.3) is 0 Å². The third-order valence-corrected chi connectivity index (χ3v) is 2.48. The summed E-state index contributed by atoms with van der Waals surface area (Å²) in [6, 6.07) is 4.76. The molecule has 0 amide bonds. The molecule has 72 valence electrons. The summed E-state index contributed by atoms with van der Waals surface area (Å²) in [5.74, 6) is 0. The predicted molar refractivity (Wildman–Crippen MR) is 53.1 cm³/mol. The van der Waals surface area contributed by atoms with E-state index in [-0.39, 0.29) is 0 Å². The fraction of sp³-hybridized carbons (Fsp3) is 0.333. The van der Waals surface area contributed by atoms with Gasteiger partial charge in [-0.3, -0.25) is 0 Å². The zero-order chi connectivity index (χ0) is 10.0. The van der Waals surface area contributed by atoms with E-state index < -0.39 is 12.2 Å². The maximum absolute atomic E-state index is 9.46. The van der Waals surface area contributed by atoms with Gasteiger partial charge in [-0.25, -0.2) is 0 Å². The second-order valence-electron chi connectivity index (χ2n) is 2.86. The molecule has 0 aliphatic rings. The van der Waals surface area contributed by atoms with Gasteiger partial charge in [-0.15, -0.1) is 0 Å². The molecule has 0 fully saturated rings. The minimum Gasteiger partial charge on any atom is -0.390 e. The van der Waals surface area contributed by atoms with Gasteiger partial charge in [0.05, 0.1) is 16.1 Å². The largest absolute Gasteiger partial charge is 0.390 e. The van der Waals surface area contributed by atoms with Gasteiger partial charge in [-0.05, 0) is 24.6 Å². The van der Waals surface area contributed by atoms with Crippen LogP contribution in [0.2, 0.25) is 10.0 Å². The van der Waals surface area contributed by atoms with Crippen molar-refractivity contribution in [2.75, 3.05) is 0 Å². The van der Waals surface area contributed by atoms with Crippen LogP contribution in [0.5, 0.6) is 0 Å². The highest BCUT2D eigenvalue weighted by atomic mass is 35.5. The highest BCUT2D eigenvalue weighted by Gasteiger charge is 2.14. The second-order valence-corrected chi connectivity index (χ2v) is 3.67. The lowest BCUT2D eigenvalue weighted by atomic mass is 10.1. The molecule has 0 aliphatic heterocycles. The van der Waals surface area contributed by atoms with Crippen molar-refractivity contribution >= 4 is 23.2 Å². The number of hydrogen-bond donors (Lipinski definition) is 2. The van der Waals surface area contributed by atoms with Crippen LogP contribution in [0, 0.1) is 0 Å². The van der Waals surface area contributed by atoms with E-state index in [1.54, 1.807) is 18.2 Å². The van der Waals surface area contributed by atoms with Gasteiger partial charge in [-0.1, -0.05) is 29.3 Å². The van der Waals surface area contributed by atoms with E-state index in [2.05, 4.69) is 0 Å². The van der Waals surface area contributed by atoms with Gasteiger partial charge in [0, 0.05) is 0 Å². The van der Waals surface area contributed by atoms with Gasteiger partial charge in [0.1, 0.15) is 6.10 Å². The van der Waals surface area contributed by atoms with E-state index in [0.717, 1.165) is 0 Å². The van der Waals surface area contributed by atoms with Gasteiger partial charge in [-0.2, -0.15) is 0 Å². The molecule has 0 heterocycles. The molecule has 1 rings (SSSR count). The first-order valence-electron chi connectivity index (χ1n) is 3.83. The van der Waals surface area contributed by atoms with Crippen LogP contribution in [0.15, 0.2) is 18.2 Å². The average molecular weight is 221 g/mol. The molecule has 0 spiro atoms. The van der Waals surface area contributed by atoms with Crippen LogP contribution < -0.4 is 0 Å². The fourth-order valence-electron chi connectivity index (χ4n) is 0.975. The van der Waals surface area contributed by atoms with E-state index in [0.29, 0.717) is 15.6 Å². The van der Waals surface area contributed by atoms with Crippen LogP contribution in [0.4, 0.5) is 0 Å². The Hall–Kier alpha value is -0.280. The Balaban J connectivity index is 2.97. The van der Waals surface area contributed by atoms with Crippen molar-refractivity contribution in [1.29, 1.82) is 0 Å². The lowest BCUT2D eigenvalue weighted by Crippen LogP contribution is -2.13. The summed E-state index contributed by atoms with van der Waals surface area (Å²) in [5, 5.41) is 19.4. The minimum atomic E-state index is -0.922. The molecule has 0 saturated carbocycles. The molecule has 0 radical (unpaired) electrons. The molecule has 0 bridgehead atoms. The molecule has 2 nitrogen and oxygen atoms in total. The Morgan fingerprint density at radius 2 is 1.77 bits per heavy atom. The second kappa shape index (κ2) is 4.29. The van der Waals surface area contributed by atoms with Gasteiger partial charge in [0.15, 0.2) is 0 Å². The van der Waals surface area contributed by atoms with Gasteiger partial charge < -0.3 is 10.2 Å². The fourth-order valence-corrected chi connectivity index (χ4v) is 1.28.